The highest BCUT2D eigenvalue weighted by atomic mass is 32.1. The van der Waals surface area contributed by atoms with Crippen LogP contribution in [0.5, 0.6) is 0 Å². The number of rotatable bonds is 5. The van der Waals surface area contributed by atoms with Gasteiger partial charge in [-0.2, -0.15) is 0 Å². The minimum Gasteiger partial charge on any atom is -0.352 e. The van der Waals surface area contributed by atoms with E-state index in [9.17, 15) is 0 Å². The highest BCUT2D eigenvalue weighted by Crippen LogP contribution is 2.41. The molecule has 4 heterocycles. The summed E-state index contributed by atoms with van der Waals surface area (Å²) < 4.78 is 2.36. The third kappa shape index (κ3) is 3.65. The molecule has 3 aromatic heterocycles. The van der Waals surface area contributed by atoms with Crippen molar-refractivity contribution in [1.82, 2.24) is 24.8 Å². The van der Waals surface area contributed by atoms with Crippen molar-refractivity contribution in [2.24, 2.45) is 0 Å². The van der Waals surface area contributed by atoms with Gasteiger partial charge in [0, 0.05) is 42.6 Å². The van der Waals surface area contributed by atoms with Crippen LogP contribution in [0.1, 0.15) is 54.1 Å². The molecule has 0 spiro atoms. The Hall–Kier alpha value is -2.73. The van der Waals surface area contributed by atoms with Gasteiger partial charge in [-0.3, -0.25) is 9.97 Å². The molecule has 0 aromatic carbocycles. The maximum absolute atomic E-state index is 5.73. The molecular formula is C23H27N5S. The van der Waals surface area contributed by atoms with Gasteiger partial charge in [-0.05, 0) is 75.3 Å². The van der Waals surface area contributed by atoms with Gasteiger partial charge in [0.2, 0.25) is 0 Å². The number of nitrogens with zero attached hydrogens (tertiary/aromatic N) is 4. The molecule has 0 unspecified atom stereocenters. The summed E-state index contributed by atoms with van der Waals surface area (Å²) in [6.45, 7) is 9.57. The van der Waals surface area contributed by atoms with Gasteiger partial charge in [0.05, 0.1) is 17.8 Å². The number of aryl methyl sites for hydroxylation is 1. The third-order valence-electron chi connectivity index (χ3n) is 5.69. The van der Waals surface area contributed by atoms with E-state index in [0.717, 1.165) is 17.4 Å². The first-order chi connectivity index (χ1) is 14.0. The van der Waals surface area contributed by atoms with Crippen LogP contribution in [-0.2, 0) is 6.54 Å². The molecule has 3 aromatic rings. The molecule has 29 heavy (non-hydrogen) atoms. The average molecular weight is 406 g/mol. The van der Waals surface area contributed by atoms with Gasteiger partial charge in [-0.1, -0.05) is 12.1 Å². The van der Waals surface area contributed by atoms with E-state index in [-0.39, 0.29) is 18.1 Å². The van der Waals surface area contributed by atoms with E-state index in [0.29, 0.717) is 0 Å². The maximum atomic E-state index is 5.73. The lowest BCUT2D eigenvalue weighted by Crippen LogP contribution is -2.35. The fourth-order valence-electron chi connectivity index (χ4n) is 4.30. The Morgan fingerprint density at radius 2 is 1.97 bits per heavy atom. The summed E-state index contributed by atoms with van der Waals surface area (Å²) in [5, 5.41) is 4.32. The molecule has 1 aliphatic heterocycles. The lowest BCUT2D eigenvalue weighted by molar-refractivity contribution is 0.268. The molecule has 1 fully saturated rings. The Morgan fingerprint density at radius 1 is 1.14 bits per heavy atom. The Balaban J connectivity index is 1.77. The van der Waals surface area contributed by atoms with Crippen LogP contribution in [0.4, 0.5) is 0 Å². The zero-order valence-electron chi connectivity index (χ0n) is 17.3. The van der Waals surface area contributed by atoms with Crippen LogP contribution in [0.25, 0.3) is 0 Å². The summed E-state index contributed by atoms with van der Waals surface area (Å²) in [7, 11) is 0. The summed E-state index contributed by atoms with van der Waals surface area (Å²) in [6.07, 6.45) is 5.59. The standard InChI is InChI=1S/C23H27N5S/c1-15(2)28-22(21(26-23(28)29)20-9-5-6-11-25-20)19-12-16(3)27(17(19)4)14-18-8-7-10-24-13-18/h5-13,15,21-22H,14H2,1-4H3,(H,26,29)/t21-,22-/m1/s1. The van der Waals surface area contributed by atoms with Crippen LogP contribution in [0.3, 0.4) is 0 Å². The molecule has 5 nitrogen and oxygen atoms in total. The second kappa shape index (κ2) is 7.95. The van der Waals surface area contributed by atoms with Crippen LogP contribution >= 0.6 is 12.2 Å². The van der Waals surface area contributed by atoms with Crippen molar-refractivity contribution in [3.8, 4) is 0 Å². The number of thiocarbonyl (C=S) groups is 1. The monoisotopic (exact) mass is 405 g/mol. The smallest absolute Gasteiger partial charge is 0.170 e. The van der Waals surface area contributed by atoms with Crippen LogP contribution in [-0.4, -0.2) is 30.6 Å². The number of hydrogen-bond acceptors (Lipinski definition) is 3. The molecule has 6 heteroatoms. The molecule has 0 aliphatic carbocycles. The summed E-state index contributed by atoms with van der Waals surface area (Å²) in [5.74, 6) is 0. The Labute approximate surface area is 177 Å². The van der Waals surface area contributed by atoms with Crippen molar-refractivity contribution >= 4 is 17.3 Å². The number of aromatic nitrogens is 3. The first kappa shape index (κ1) is 19.6. The van der Waals surface area contributed by atoms with Gasteiger partial charge in [0.1, 0.15) is 0 Å². The van der Waals surface area contributed by atoms with Crippen LogP contribution in [0.15, 0.2) is 55.0 Å². The summed E-state index contributed by atoms with van der Waals surface area (Å²) in [5.41, 5.74) is 6.00. The summed E-state index contributed by atoms with van der Waals surface area (Å²) in [6, 6.07) is 12.9. The van der Waals surface area contributed by atoms with E-state index in [1.54, 1.807) is 0 Å². The lowest BCUT2D eigenvalue weighted by atomic mass is 9.96. The fraction of sp³-hybridized carbons (Fsp3) is 0.348. The summed E-state index contributed by atoms with van der Waals surface area (Å²) >= 11 is 5.73. The van der Waals surface area contributed by atoms with Crippen molar-refractivity contribution in [1.29, 1.82) is 0 Å². The van der Waals surface area contributed by atoms with Crippen molar-refractivity contribution in [2.75, 3.05) is 0 Å². The Bertz CT molecular complexity index is 997. The van der Waals surface area contributed by atoms with Crippen molar-refractivity contribution in [3.05, 3.63) is 83.2 Å². The normalized spacial score (nSPS) is 19.1. The quantitative estimate of drug-likeness (QED) is 0.641. The molecule has 2 atom stereocenters. The van der Waals surface area contributed by atoms with E-state index in [1.807, 2.05) is 36.8 Å². The predicted molar refractivity (Wildman–Crippen MR) is 120 cm³/mol. The van der Waals surface area contributed by atoms with Gasteiger partial charge in [0.15, 0.2) is 5.11 Å². The predicted octanol–water partition coefficient (Wildman–Crippen LogP) is 4.32. The molecule has 1 saturated heterocycles. The van der Waals surface area contributed by atoms with Gasteiger partial charge in [0.25, 0.3) is 0 Å². The van der Waals surface area contributed by atoms with E-state index in [1.165, 1.54) is 22.5 Å². The van der Waals surface area contributed by atoms with E-state index >= 15 is 0 Å². The van der Waals surface area contributed by atoms with E-state index < -0.39 is 0 Å². The first-order valence-electron chi connectivity index (χ1n) is 10.0. The number of hydrogen-bond donors (Lipinski definition) is 1. The largest absolute Gasteiger partial charge is 0.352 e. The van der Waals surface area contributed by atoms with E-state index in [4.69, 9.17) is 12.2 Å². The van der Waals surface area contributed by atoms with Gasteiger partial charge >= 0.3 is 0 Å². The molecular weight excluding hydrogens is 378 g/mol. The number of pyridine rings is 2. The van der Waals surface area contributed by atoms with E-state index in [2.05, 4.69) is 70.6 Å². The molecule has 4 rings (SSSR count). The first-order valence-corrected chi connectivity index (χ1v) is 10.4. The summed E-state index contributed by atoms with van der Waals surface area (Å²) in [4.78, 5) is 11.2. The molecule has 0 radical (unpaired) electrons. The third-order valence-corrected chi connectivity index (χ3v) is 6.02. The second-order valence-electron chi connectivity index (χ2n) is 7.90. The molecule has 0 bridgehead atoms. The zero-order chi connectivity index (χ0) is 20.5. The second-order valence-corrected chi connectivity index (χ2v) is 8.29. The highest BCUT2D eigenvalue weighted by molar-refractivity contribution is 7.80. The molecule has 1 aliphatic rings. The molecule has 0 amide bonds. The lowest BCUT2D eigenvalue weighted by Gasteiger charge is -2.31. The molecule has 150 valence electrons. The van der Waals surface area contributed by atoms with Gasteiger partial charge in [-0.25, -0.2) is 0 Å². The minimum absolute atomic E-state index is 0.0263. The van der Waals surface area contributed by atoms with Crippen molar-refractivity contribution in [3.63, 3.8) is 0 Å². The highest BCUT2D eigenvalue weighted by Gasteiger charge is 2.42. The molecule has 0 saturated carbocycles. The van der Waals surface area contributed by atoms with Gasteiger partial charge in [-0.15, -0.1) is 0 Å². The zero-order valence-corrected chi connectivity index (χ0v) is 18.1. The van der Waals surface area contributed by atoms with Gasteiger partial charge < -0.3 is 14.8 Å². The Morgan fingerprint density at radius 3 is 2.62 bits per heavy atom. The molecule has 1 N–H and O–H groups in total. The van der Waals surface area contributed by atoms with Crippen molar-refractivity contribution in [2.45, 2.75) is 52.4 Å². The van der Waals surface area contributed by atoms with Crippen LogP contribution in [0.2, 0.25) is 0 Å². The van der Waals surface area contributed by atoms with Crippen LogP contribution < -0.4 is 5.32 Å². The average Bonchev–Trinajstić information content (AvgIpc) is 3.20. The minimum atomic E-state index is 0.0263. The van der Waals surface area contributed by atoms with Crippen molar-refractivity contribution < 1.29 is 0 Å². The number of nitrogens with one attached hydrogen (secondary N) is 1. The van der Waals surface area contributed by atoms with Crippen LogP contribution in [0, 0.1) is 13.8 Å². The topological polar surface area (TPSA) is 46.0 Å². The fourth-order valence-corrected chi connectivity index (χ4v) is 4.75. The maximum Gasteiger partial charge on any atom is 0.170 e. The Kier molecular flexibility index (Phi) is 5.37. The SMILES string of the molecule is Cc1cc([C@@H]2[C@@H](c3ccccn3)NC(=S)N2C(C)C)c(C)n1Cc1cccnc1.